The van der Waals surface area contributed by atoms with Gasteiger partial charge >= 0.3 is 5.97 Å². The zero-order chi connectivity index (χ0) is 21.6. The molecule has 0 bridgehead atoms. The Bertz CT molecular complexity index is 1040. The molecule has 0 amide bonds. The zero-order valence-electron chi connectivity index (χ0n) is 17.5. The van der Waals surface area contributed by atoms with Crippen LogP contribution in [-0.2, 0) is 27.3 Å². The Kier molecular flexibility index (Phi) is 6.99. The van der Waals surface area contributed by atoms with Crippen molar-refractivity contribution in [3.8, 4) is 5.75 Å². The van der Waals surface area contributed by atoms with Gasteiger partial charge in [-0.15, -0.1) is 0 Å². The van der Waals surface area contributed by atoms with Gasteiger partial charge in [-0.25, -0.2) is 0 Å². The van der Waals surface area contributed by atoms with E-state index in [0.29, 0.717) is 30.5 Å². The fraction of sp³-hybridized carbons (Fsp3) is 0.375. The van der Waals surface area contributed by atoms with Crippen LogP contribution in [0.4, 0.5) is 5.69 Å². The van der Waals surface area contributed by atoms with E-state index < -0.39 is 0 Å². The van der Waals surface area contributed by atoms with E-state index in [1.165, 1.54) is 0 Å². The number of rotatable bonds is 9. The molecule has 7 heteroatoms. The third kappa shape index (κ3) is 5.32. The lowest BCUT2D eigenvalue weighted by molar-refractivity contribution is -0.142. The molecule has 164 valence electrons. The van der Waals surface area contributed by atoms with Crippen LogP contribution >= 0.6 is 11.6 Å². The lowest BCUT2D eigenvalue weighted by atomic mass is 10.1. The van der Waals surface area contributed by atoms with Gasteiger partial charge in [0.15, 0.2) is 5.58 Å². The van der Waals surface area contributed by atoms with Gasteiger partial charge in [0.2, 0.25) is 0 Å². The predicted octanol–water partition coefficient (Wildman–Crippen LogP) is 5.36. The molecule has 1 aromatic heterocycles. The smallest absolute Gasteiger partial charge is 0.310 e. The average molecular weight is 444 g/mol. The lowest BCUT2D eigenvalue weighted by Crippen LogP contribution is -2.18. The Labute approximate surface area is 186 Å². The number of hydrogen-bond acceptors (Lipinski definition) is 6. The maximum Gasteiger partial charge on any atom is 0.310 e. The van der Waals surface area contributed by atoms with E-state index in [1.807, 2.05) is 36.4 Å². The van der Waals surface area contributed by atoms with Crippen molar-refractivity contribution >= 4 is 34.2 Å². The van der Waals surface area contributed by atoms with E-state index >= 15 is 0 Å². The SMILES string of the molecule is CCOC(=O)Cc1ccccc1OCc1coc2c(NC[C@@H]3CCCO3)cc(Cl)cc12. The molecule has 0 aliphatic carbocycles. The summed E-state index contributed by atoms with van der Waals surface area (Å²) in [5.74, 6) is 0.365. The Morgan fingerprint density at radius 3 is 2.94 bits per heavy atom. The van der Waals surface area contributed by atoms with Crippen molar-refractivity contribution in [2.75, 3.05) is 25.1 Å². The molecule has 1 atom stereocenters. The molecule has 1 fully saturated rings. The van der Waals surface area contributed by atoms with E-state index in [4.69, 9.17) is 30.2 Å². The lowest BCUT2D eigenvalue weighted by Gasteiger charge is -2.13. The molecule has 1 saturated heterocycles. The second-order valence-electron chi connectivity index (χ2n) is 7.49. The zero-order valence-corrected chi connectivity index (χ0v) is 18.2. The van der Waals surface area contributed by atoms with Gasteiger partial charge < -0.3 is 23.9 Å². The molecular weight excluding hydrogens is 418 g/mol. The van der Waals surface area contributed by atoms with Crippen molar-refractivity contribution in [2.45, 2.75) is 38.9 Å². The molecule has 1 N–H and O–H groups in total. The van der Waals surface area contributed by atoms with E-state index in [9.17, 15) is 4.79 Å². The summed E-state index contributed by atoms with van der Waals surface area (Å²) in [6, 6.07) is 11.2. The summed E-state index contributed by atoms with van der Waals surface area (Å²) in [4.78, 5) is 11.9. The van der Waals surface area contributed by atoms with Crippen LogP contribution in [0.2, 0.25) is 5.02 Å². The quantitative estimate of drug-likeness (QED) is 0.449. The summed E-state index contributed by atoms with van der Waals surface area (Å²) in [6.45, 7) is 3.96. The summed E-state index contributed by atoms with van der Waals surface area (Å²) in [5.41, 5.74) is 3.24. The highest BCUT2D eigenvalue weighted by Crippen LogP contribution is 2.33. The fourth-order valence-electron chi connectivity index (χ4n) is 3.74. The molecule has 0 spiro atoms. The molecule has 31 heavy (non-hydrogen) atoms. The van der Waals surface area contributed by atoms with Crippen molar-refractivity contribution in [3.63, 3.8) is 0 Å². The van der Waals surface area contributed by atoms with Crippen molar-refractivity contribution in [1.29, 1.82) is 0 Å². The van der Waals surface area contributed by atoms with Crippen LogP contribution in [0.1, 0.15) is 30.9 Å². The normalized spacial score (nSPS) is 15.9. The van der Waals surface area contributed by atoms with Gasteiger partial charge in [-0.1, -0.05) is 29.8 Å². The average Bonchev–Trinajstić information content (AvgIpc) is 3.41. The van der Waals surface area contributed by atoms with Crippen LogP contribution in [0.5, 0.6) is 5.75 Å². The number of halogens is 1. The maximum absolute atomic E-state index is 11.9. The fourth-order valence-corrected chi connectivity index (χ4v) is 3.96. The number of carbonyl (C=O) groups is 1. The van der Waals surface area contributed by atoms with Crippen molar-refractivity contribution < 1.29 is 23.4 Å². The summed E-state index contributed by atoms with van der Waals surface area (Å²) in [5, 5.41) is 4.92. The monoisotopic (exact) mass is 443 g/mol. The van der Waals surface area contributed by atoms with Gasteiger partial charge in [0.1, 0.15) is 12.4 Å². The number of carbonyl (C=O) groups excluding carboxylic acids is 1. The van der Waals surface area contributed by atoms with Gasteiger partial charge in [0.25, 0.3) is 0 Å². The van der Waals surface area contributed by atoms with Crippen LogP contribution in [0.3, 0.4) is 0 Å². The highest BCUT2D eigenvalue weighted by Gasteiger charge is 2.18. The second kappa shape index (κ2) is 10.1. The van der Waals surface area contributed by atoms with E-state index in [0.717, 1.165) is 47.2 Å². The third-order valence-corrected chi connectivity index (χ3v) is 5.48. The van der Waals surface area contributed by atoms with Crippen molar-refractivity contribution in [3.05, 3.63) is 58.8 Å². The summed E-state index contributed by atoms with van der Waals surface area (Å²) in [7, 11) is 0. The summed E-state index contributed by atoms with van der Waals surface area (Å²) >= 11 is 6.37. The molecule has 3 aromatic rings. The molecule has 0 unspecified atom stereocenters. The number of ether oxygens (including phenoxy) is 3. The van der Waals surface area contributed by atoms with E-state index in [1.54, 1.807) is 13.2 Å². The number of benzene rings is 2. The Morgan fingerprint density at radius 2 is 2.13 bits per heavy atom. The summed E-state index contributed by atoms with van der Waals surface area (Å²) in [6.07, 6.45) is 4.21. The largest absolute Gasteiger partial charge is 0.488 e. The van der Waals surface area contributed by atoms with Crippen LogP contribution in [0, 0.1) is 0 Å². The Balaban J connectivity index is 1.49. The van der Waals surface area contributed by atoms with Crippen molar-refractivity contribution in [2.24, 2.45) is 0 Å². The number of nitrogens with one attached hydrogen (secondary N) is 1. The van der Waals surface area contributed by atoms with Gasteiger partial charge in [0.05, 0.1) is 31.1 Å². The number of esters is 1. The second-order valence-corrected chi connectivity index (χ2v) is 7.92. The molecule has 6 nitrogen and oxygen atoms in total. The summed E-state index contributed by atoms with van der Waals surface area (Å²) < 4.78 is 22.6. The van der Waals surface area contributed by atoms with Gasteiger partial charge in [-0.2, -0.15) is 0 Å². The molecule has 1 aliphatic heterocycles. The first-order valence-electron chi connectivity index (χ1n) is 10.6. The third-order valence-electron chi connectivity index (χ3n) is 5.26. The number of para-hydroxylation sites is 1. The standard InChI is InChI=1S/C24H26ClNO5/c1-2-28-23(27)10-16-6-3-4-8-22(16)30-14-17-15-31-24-20(17)11-18(25)12-21(24)26-13-19-7-5-9-29-19/h3-4,6,8,11-12,15,19,26H,2,5,7,9-10,13-14H2,1H3/t19-/m0/s1. The number of fused-ring (bicyclic) bond motifs is 1. The minimum absolute atomic E-state index is 0.166. The Hall–Kier alpha value is -2.70. The minimum Gasteiger partial charge on any atom is -0.488 e. The molecule has 0 saturated carbocycles. The number of furan rings is 1. The van der Waals surface area contributed by atoms with Crippen LogP contribution in [-0.4, -0.2) is 31.8 Å². The highest BCUT2D eigenvalue weighted by atomic mass is 35.5. The Morgan fingerprint density at radius 1 is 1.26 bits per heavy atom. The molecular formula is C24H26ClNO5. The molecule has 2 heterocycles. The van der Waals surface area contributed by atoms with Gasteiger partial charge in [-0.05, 0) is 38.0 Å². The molecule has 1 aliphatic rings. The highest BCUT2D eigenvalue weighted by molar-refractivity contribution is 6.31. The van der Waals surface area contributed by atoms with Gasteiger partial charge in [-0.3, -0.25) is 4.79 Å². The van der Waals surface area contributed by atoms with Crippen LogP contribution in [0.25, 0.3) is 11.0 Å². The van der Waals surface area contributed by atoms with Crippen LogP contribution < -0.4 is 10.1 Å². The first-order chi connectivity index (χ1) is 15.1. The van der Waals surface area contributed by atoms with Gasteiger partial charge in [0, 0.05) is 34.7 Å². The minimum atomic E-state index is -0.277. The predicted molar refractivity (Wildman–Crippen MR) is 120 cm³/mol. The first-order valence-corrected chi connectivity index (χ1v) is 10.9. The molecule has 0 radical (unpaired) electrons. The number of hydrogen-bond donors (Lipinski definition) is 1. The first kappa shape index (κ1) is 21.5. The molecule has 2 aromatic carbocycles. The topological polar surface area (TPSA) is 69.9 Å². The maximum atomic E-state index is 11.9. The van der Waals surface area contributed by atoms with E-state index in [2.05, 4.69) is 5.32 Å². The van der Waals surface area contributed by atoms with E-state index in [-0.39, 0.29) is 18.5 Å². The number of anilines is 1. The molecule has 4 rings (SSSR count). The van der Waals surface area contributed by atoms with Crippen LogP contribution in [0.15, 0.2) is 47.1 Å². The van der Waals surface area contributed by atoms with Crippen molar-refractivity contribution in [1.82, 2.24) is 0 Å².